The second kappa shape index (κ2) is 6.80. The summed E-state index contributed by atoms with van der Waals surface area (Å²) in [5, 5.41) is 2.90. The van der Waals surface area contributed by atoms with Crippen molar-refractivity contribution >= 4 is 5.91 Å². The zero-order valence-electron chi connectivity index (χ0n) is 9.96. The van der Waals surface area contributed by atoms with Crippen molar-refractivity contribution < 1.29 is 6.22 Å². The van der Waals surface area contributed by atoms with Gasteiger partial charge in [-0.1, -0.05) is 6.92 Å². The molecular formula is C11H25N3O. The van der Waals surface area contributed by atoms with Gasteiger partial charge >= 0.3 is 0 Å². The first-order chi connectivity index (χ1) is 7.22. The van der Waals surface area contributed by atoms with Crippen LogP contribution < -0.4 is 5.32 Å². The second-order valence-electron chi connectivity index (χ2n) is 4.20. The predicted octanol–water partition coefficient (Wildman–Crippen LogP) is 0.396. The van der Waals surface area contributed by atoms with Gasteiger partial charge in [-0.2, -0.15) is 0 Å². The number of amides is 1. The number of hydrogen-bond acceptors (Lipinski definition) is 3. The van der Waals surface area contributed by atoms with Crippen molar-refractivity contribution in [3.05, 3.63) is 0 Å². The van der Waals surface area contributed by atoms with Crippen molar-refractivity contribution in [2.75, 3.05) is 46.3 Å². The van der Waals surface area contributed by atoms with E-state index in [0.717, 1.165) is 32.6 Å². The van der Waals surface area contributed by atoms with Crippen molar-refractivity contribution in [2.45, 2.75) is 19.8 Å². The van der Waals surface area contributed by atoms with Crippen molar-refractivity contribution in [2.24, 2.45) is 0 Å². The van der Waals surface area contributed by atoms with E-state index in [4.69, 9.17) is 0 Å². The molecule has 0 aromatic carbocycles. The fourth-order valence-electron chi connectivity index (χ4n) is 1.73. The molecule has 0 aromatic heterocycles. The Bertz CT molecular complexity index is 194. The number of nitrogens with one attached hydrogen (secondary N) is 1. The molecule has 4 nitrogen and oxygen atoms in total. The lowest BCUT2D eigenvalue weighted by atomic mass is 10.3. The van der Waals surface area contributed by atoms with Crippen LogP contribution in [0.15, 0.2) is 0 Å². The summed E-state index contributed by atoms with van der Waals surface area (Å²) in [6.07, 6.45) is 1.66. The Balaban J connectivity index is 0.00000225. The van der Waals surface area contributed by atoms with Crippen LogP contribution in [0.5, 0.6) is 0 Å². The molecule has 0 aliphatic carbocycles. The lowest BCUT2D eigenvalue weighted by molar-refractivity contribution is -0.120. The fourth-order valence-corrected chi connectivity index (χ4v) is 1.73. The first-order valence-corrected chi connectivity index (χ1v) is 5.90. The van der Waals surface area contributed by atoms with Crippen LogP contribution in [-0.2, 0) is 4.79 Å². The van der Waals surface area contributed by atoms with Crippen molar-refractivity contribution in [3.63, 3.8) is 0 Å². The number of nitrogens with zero attached hydrogens (tertiary/aromatic N) is 2. The molecular weight excluding hydrogens is 190 g/mol. The van der Waals surface area contributed by atoms with Crippen LogP contribution in [0, 0.1) is 0 Å². The van der Waals surface area contributed by atoms with Gasteiger partial charge in [0.05, 0.1) is 0 Å². The molecule has 1 aliphatic heterocycles. The summed E-state index contributed by atoms with van der Waals surface area (Å²) in [4.78, 5) is 15.8. The average molecular weight is 215 g/mol. The summed E-state index contributed by atoms with van der Waals surface area (Å²) in [6, 6.07) is 0. The maximum atomic E-state index is 11.0. The highest BCUT2D eigenvalue weighted by Gasteiger charge is 2.12. The van der Waals surface area contributed by atoms with Gasteiger partial charge in [-0.3, -0.25) is 4.79 Å². The standard InChI is InChI=1S/C11H23N3O.H2/c1-3-11(15)12-5-4-6-14-9-7-13(2)8-10-14;/h3-10H2,1-2H3,(H,12,15);1H. The Morgan fingerprint density at radius 1 is 1.33 bits per heavy atom. The number of carbonyl (C=O) groups excluding carboxylic acids is 1. The van der Waals surface area contributed by atoms with Crippen LogP contribution in [0.2, 0.25) is 0 Å². The van der Waals surface area contributed by atoms with Crippen molar-refractivity contribution in [1.29, 1.82) is 0 Å². The van der Waals surface area contributed by atoms with E-state index in [2.05, 4.69) is 22.2 Å². The van der Waals surface area contributed by atoms with E-state index in [9.17, 15) is 4.79 Å². The van der Waals surface area contributed by atoms with Gasteiger partial charge in [0, 0.05) is 40.6 Å². The van der Waals surface area contributed by atoms with E-state index < -0.39 is 0 Å². The van der Waals surface area contributed by atoms with Gasteiger partial charge < -0.3 is 15.1 Å². The van der Waals surface area contributed by atoms with E-state index in [1.807, 2.05) is 6.92 Å². The quantitative estimate of drug-likeness (QED) is 0.674. The van der Waals surface area contributed by atoms with Gasteiger partial charge in [0.1, 0.15) is 0 Å². The molecule has 15 heavy (non-hydrogen) atoms. The monoisotopic (exact) mass is 215 g/mol. The summed E-state index contributed by atoms with van der Waals surface area (Å²) in [7, 11) is 2.17. The molecule has 1 N–H and O–H groups in total. The van der Waals surface area contributed by atoms with Gasteiger partial charge in [-0.25, -0.2) is 0 Å². The van der Waals surface area contributed by atoms with Crippen LogP contribution in [0.1, 0.15) is 21.2 Å². The maximum absolute atomic E-state index is 11.0. The minimum Gasteiger partial charge on any atom is -0.356 e. The molecule has 1 fully saturated rings. The SMILES string of the molecule is CCC(=O)NCCCN1CCN(C)CC1.[HH]. The molecule has 0 atom stereocenters. The van der Waals surface area contributed by atoms with Crippen molar-refractivity contribution in [3.8, 4) is 0 Å². The van der Waals surface area contributed by atoms with Gasteiger partial charge in [-0.05, 0) is 20.0 Å². The van der Waals surface area contributed by atoms with Crippen LogP contribution in [-0.4, -0.2) is 62.0 Å². The third-order valence-electron chi connectivity index (χ3n) is 2.89. The summed E-state index contributed by atoms with van der Waals surface area (Å²) in [5.74, 6) is 0.161. The summed E-state index contributed by atoms with van der Waals surface area (Å²) >= 11 is 0. The van der Waals surface area contributed by atoms with Crippen LogP contribution >= 0.6 is 0 Å². The van der Waals surface area contributed by atoms with Crippen molar-refractivity contribution in [1.82, 2.24) is 15.1 Å². The summed E-state index contributed by atoms with van der Waals surface area (Å²) < 4.78 is 0. The number of rotatable bonds is 5. The van der Waals surface area contributed by atoms with Crippen LogP contribution in [0.25, 0.3) is 0 Å². The van der Waals surface area contributed by atoms with Crippen LogP contribution in [0.3, 0.4) is 0 Å². The minimum atomic E-state index is 0. The Morgan fingerprint density at radius 3 is 2.60 bits per heavy atom. The normalized spacial score (nSPS) is 19.1. The fraction of sp³-hybridized carbons (Fsp3) is 0.909. The molecule has 1 aliphatic rings. The third kappa shape index (κ3) is 5.14. The number of piperazine rings is 1. The van der Waals surface area contributed by atoms with Gasteiger partial charge in [0.2, 0.25) is 5.91 Å². The van der Waals surface area contributed by atoms with E-state index in [1.54, 1.807) is 0 Å². The Morgan fingerprint density at radius 2 is 2.00 bits per heavy atom. The summed E-state index contributed by atoms with van der Waals surface area (Å²) in [6.45, 7) is 8.48. The third-order valence-corrected chi connectivity index (χ3v) is 2.89. The Kier molecular flexibility index (Phi) is 5.65. The maximum Gasteiger partial charge on any atom is 0.219 e. The van der Waals surface area contributed by atoms with Gasteiger partial charge in [0.25, 0.3) is 0 Å². The topological polar surface area (TPSA) is 35.6 Å². The van der Waals surface area contributed by atoms with E-state index in [0.29, 0.717) is 6.42 Å². The largest absolute Gasteiger partial charge is 0.356 e. The highest BCUT2D eigenvalue weighted by molar-refractivity contribution is 5.75. The smallest absolute Gasteiger partial charge is 0.219 e. The zero-order valence-corrected chi connectivity index (χ0v) is 9.96. The molecule has 0 aromatic rings. The molecule has 0 saturated carbocycles. The lowest BCUT2D eigenvalue weighted by Crippen LogP contribution is -2.45. The molecule has 4 heteroatoms. The minimum absolute atomic E-state index is 0. The highest BCUT2D eigenvalue weighted by Crippen LogP contribution is 1.99. The molecule has 0 radical (unpaired) electrons. The van der Waals surface area contributed by atoms with Gasteiger partial charge in [-0.15, -0.1) is 0 Å². The van der Waals surface area contributed by atoms with E-state index >= 15 is 0 Å². The van der Waals surface area contributed by atoms with E-state index in [-0.39, 0.29) is 7.33 Å². The molecule has 0 bridgehead atoms. The molecule has 0 spiro atoms. The number of likely N-dealkylation sites (N-methyl/N-ethyl adjacent to an activating group) is 1. The Hall–Kier alpha value is -0.610. The van der Waals surface area contributed by atoms with E-state index in [1.165, 1.54) is 13.1 Å². The Labute approximate surface area is 94.1 Å². The molecule has 1 heterocycles. The number of carbonyl (C=O) groups is 1. The molecule has 0 unspecified atom stereocenters. The molecule has 1 rings (SSSR count). The number of hydrogen-bond donors (Lipinski definition) is 1. The highest BCUT2D eigenvalue weighted by atomic mass is 16.1. The predicted molar refractivity (Wildman–Crippen MR) is 64.0 cm³/mol. The van der Waals surface area contributed by atoms with Gasteiger partial charge in [0.15, 0.2) is 0 Å². The lowest BCUT2D eigenvalue weighted by Gasteiger charge is -2.32. The molecule has 90 valence electrons. The first kappa shape index (κ1) is 12.5. The average Bonchev–Trinajstić information content (AvgIpc) is 2.26. The zero-order chi connectivity index (χ0) is 11.1. The molecule has 1 amide bonds. The van der Waals surface area contributed by atoms with Crippen LogP contribution in [0.4, 0.5) is 0 Å². The second-order valence-corrected chi connectivity index (χ2v) is 4.20. The first-order valence-electron chi connectivity index (χ1n) is 5.90. The molecule has 1 saturated heterocycles. The summed E-state index contributed by atoms with van der Waals surface area (Å²) in [5.41, 5.74) is 0.